The Hall–Kier alpha value is -2.02. The Balaban J connectivity index is 1.87. The Morgan fingerprint density at radius 2 is 1.96 bits per heavy atom. The Morgan fingerprint density at radius 1 is 1.15 bits per heavy atom. The number of hydrogen-bond donors (Lipinski definition) is 0. The SMILES string of the molecule is CCN(CC)CCN(C(=O)/C=C/c1cccs1)c1nc2c(C)cccc2s1. The lowest BCUT2D eigenvalue weighted by Gasteiger charge is -2.23. The van der Waals surface area contributed by atoms with Gasteiger partial charge in [-0.25, -0.2) is 4.98 Å². The van der Waals surface area contributed by atoms with Crippen LogP contribution in [0.4, 0.5) is 5.13 Å². The molecule has 142 valence electrons. The van der Waals surface area contributed by atoms with Crippen LogP contribution in [0.15, 0.2) is 41.8 Å². The van der Waals surface area contributed by atoms with Gasteiger partial charge < -0.3 is 4.90 Å². The van der Waals surface area contributed by atoms with Gasteiger partial charge in [0.25, 0.3) is 5.91 Å². The van der Waals surface area contributed by atoms with Crippen LogP contribution in [-0.2, 0) is 4.79 Å². The van der Waals surface area contributed by atoms with Crippen molar-refractivity contribution < 1.29 is 4.79 Å². The highest BCUT2D eigenvalue weighted by molar-refractivity contribution is 7.22. The van der Waals surface area contributed by atoms with Crippen molar-refractivity contribution in [1.29, 1.82) is 0 Å². The molecule has 27 heavy (non-hydrogen) atoms. The first-order valence-electron chi connectivity index (χ1n) is 9.24. The molecule has 4 nitrogen and oxygen atoms in total. The summed E-state index contributed by atoms with van der Waals surface area (Å²) in [6.07, 6.45) is 3.54. The Morgan fingerprint density at radius 3 is 2.63 bits per heavy atom. The number of anilines is 1. The summed E-state index contributed by atoms with van der Waals surface area (Å²) in [6, 6.07) is 10.2. The maximum absolute atomic E-state index is 13.0. The molecule has 0 spiro atoms. The highest BCUT2D eigenvalue weighted by atomic mass is 32.1. The summed E-state index contributed by atoms with van der Waals surface area (Å²) in [5.41, 5.74) is 2.13. The van der Waals surface area contributed by atoms with Crippen LogP contribution in [0.3, 0.4) is 0 Å². The van der Waals surface area contributed by atoms with Crippen molar-refractivity contribution in [3.05, 3.63) is 52.2 Å². The molecule has 0 aliphatic carbocycles. The molecule has 0 N–H and O–H groups in total. The summed E-state index contributed by atoms with van der Waals surface area (Å²) in [4.78, 5) is 23.0. The number of nitrogens with zero attached hydrogens (tertiary/aromatic N) is 3. The second kappa shape index (κ2) is 9.26. The van der Waals surface area contributed by atoms with E-state index in [-0.39, 0.29) is 5.91 Å². The number of para-hydroxylation sites is 1. The zero-order valence-corrected chi connectivity index (χ0v) is 17.6. The molecular weight excluding hydrogens is 374 g/mol. The largest absolute Gasteiger partial charge is 0.302 e. The molecule has 6 heteroatoms. The van der Waals surface area contributed by atoms with Crippen molar-refractivity contribution in [1.82, 2.24) is 9.88 Å². The smallest absolute Gasteiger partial charge is 0.252 e. The van der Waals surface area contributed by atoms with E-state index >= 15 is 0 Å². The molecule has 0 saturated carbocycles. The van der Waals surface area contributed by atoms with E-state index in [9.17, 15) is 4.79 Å². The van der Waals surface area contributed by atoms with Gasteiger partial charge in [-0.15, -0.1) is 11.3 Å². The minimum Gasteiger partial charge on any atom is -0.302 e. The first-order chi connectivity index (χ1) is 13.1. The summed E-state index contributed by atoms with van der Waals surface area (Å²) in [6.45, 7) is 9.77. The zero-order valence-electron chi connectivity index (χ0n) is 16.0. The third-order valence-corrected chi connectivity index (χ3v) is 6.46. The van der Waals surface area contributed by atoms with Gasteiger partial charge in [-0.05, 0) is 49.2 Å². The van der Waals surface area contributed by atoms with Gasteiger partial charge in [0.15, 0.2) is 5.13 Å². The second-order valence-corrected chi connectivity index (χ2v) is 8.27. The fraction of sp³-hybridized carbons (Fsp3) is 0.333. The Bertz CT molecular complexity index is 911. The van der Waals surface area contributed by atoms with Crippen LogP contribution in [0.25, 0.3) is 16.3 Å². The lowest BCUT2D eigenvalue weighted by atomic mass is 10.2. The predicted molar refractivity (Wildman–Crippen MR) is 118 cm³/mol. The van der Waals surface area contributed by atoms with Gasteiger partial charge >= 0.3 is 0 Å². The molecule has 0 unspecified atom stereocenters. The number of aromatic nitrogens is 1. The minimum absolute atomic E-state index is 0.0211. The van der Waals surface area contributed by atoms with Gasteiger partial charge in [0.2, 0.25) is 0 Å². The molecule has 0 radical (unpaired) electrons. The quantitative estimate of drug-likeness (QED) is 0.497. The lowest BCUT2D eigenvalue weighted by Crippen LogP contribution is -2.38. The number of benzene rings is 1. The molecule has 0 atom stereocenters. The van der Waals surface area contributed by atoms with Crippen LogP contribution < -0.4 is 4.90 Å². The van der Waals surface area contributed by atoms with Crippen LogP contribution in [0.5, 0.6) is 0 Å². The Labute approximate surface area is 168 Å². The van der Waals surface area contributed by atoms with E-state index in [1.165, 1.54) is 0 Å². The maximum Gasteiger partial charge on any atom is 0.252 e. The van der Waals surface area contributed by atoms with E-state index < -0.39 is 0 Å². The third kappa shape index (κ3) is 4.83. The van der Waals surface area contributed by atoms with Crippen molar-refractivity contribution in [3.63, 3.8) is 0 Å². The number of likely N-dealkylation sites (N-methyl/N-ethyl adjacent to an activating group) is 1. The molecule has 0 fully saturated rings. The van der Waals surface area contributed by atoms with E-state index in [1.54, 1.807) is 28.7 Å². The molecule has 1 amide bonds. The molecule has 2 heterocycles. The van der Waals surface area contributed by atoms with Crippen molar-refractivity contribution in [3.8, 4) is 0 Å². The average molecular weight is 400 g/mol. The fourth-order valence-corrected chi connectivity index (χ4v) is 4.59. The summed E-state index contributed by atoms with van der Waals surface area (Å²) in [5.74, 6) is -0.0211. The summed E-state index contributed by atoms with van der Waals surface area (Å²) in [5, 5.41) is 2.78. The highest BCUT2D eigenvalue weighted by Crippen LogP contribution is 2.30. The van der Waals surface area contributed by atoms with Crippen LogP contribution in [-0.4, -0.2) is 42.0 Å². The molecule has 2 aromatic heterocycles. The van der Waals surface area contributed by atoms with Crippen LogP contribution >= 0.6 is 22.7 Å². The number of thiophene rings is 1. The molecule has 0 aliphatic heterocycles. The summed E-state index contributed by atoms with van der Waals surface area (Å²) >= 11 is 3.21. The normalized spacial score (nSPS) is 11.7. The van der Waals surface area contributed by atoms with Crippen LogP contribution in [0.2, 0.25) is 0 Å². The molecule has 0 saturated heterocycles. The van der Waals surface area contributed by atoms with Crippen molar-refractivity contribution in [2.45, 2.75) is 20.8 Å². The number of fused-ring (bicyclic) bond motifs is 1. The summed E-state index contributed by atoms with van der Waals surface area (Å²) < 4.78 is 1.12. The lowest BCUT2D eigenvalue weighted by molar-refractivity contribution is -0.114. The van der Waals surface area contributed by atoms with Crippen molar-refractivity contribution in [2.24, 2.45) is 0 Å². The van der Waals surface area contributed by atoms with Gasteiger partial charge in [0.05, 0.1) is 10.2 Å². The molecule has 3 aromatic rings. The van der Waals surface area contributed by atoms with Gasteiger partial charge in [-0.3, -0.25) is 9.69 Å². The minimum atomic E-state index is -0.0211. The van der Waals surface area contributed by atoms with Crippen molar-refractivity contribution in [2.75, 3.05) is 31.1 Å². The third-order valence-electron chi connectivity index (χ3n) is 4.57. The van der Waals surface area contributed by atoms with Crippen LogP contribution in [0.1, 0.15) is 24.3 Å². The van der Waals surface area contributed by atoms with Gasteiger partial charge in [0.1, 0.15) is 0 Å². The predicted octanol–water partition coefficient (Wildman–Crippen LogP) is 5.05. The number of rotatable bonds is 8. The number of carbonyl (C=O) groups excluding carboxylic acids is 1. The monoisotopic (exact) mass is 399 g/mol. The number of aryl methyl sites for hydroxylation is 1. The van der Waals surface area contributed by atoms with Gasteiger partial charge in [-0.1, -0.05) is 43.4 Å². The molecule has 0 bridgehead atoms. The second-order valence-electron chi connectivity index (χ2n) is 6.28. The zero-order chi connectivity index (χ0) is 19.2. The average Bonchev–Trinajstić information content (AvgIpc) is 3.33. The van der Waals surface area contributed by atoms with E-state index in [4.69, 9.17) is 4.98 Å². The molecule has 3 rings (SSSR count). The summed E-state index contributed by atoms with van der Waals surface area (Å²) in [7, 11) is 0. The van der Waals surface area contributed by atoms with E-state index in [1.807, 2.05) is 34.6 Å². The number of hydrogen-bond acceptors (Lipinski definition) is 5. The van der Waals surface area contributed by atoms with Crippen LogP contribution in [0, 0.1) is 6.92 Å². The first kappa shape index (κ1) is 19.7. The van der Waals surface area contributed by atoms with Crippen molar-refractivity contribution >= 4 is 50.0 Å². The van der Waals surface area contributed by atoms with Gasteiger partial charge in [0, 0.05) is 24.0 Å². The van der Waals surface area contributed by atoms with E-state index in [0.29, 0.717) is 6.54 Å². The molecule has 0 aliphatic rings. The van der Waals surface area contributed by atoms with Gasteiger partial charge in [-0.2, -0.15) is 0 Å². The highest BCUT2D eigenvalue weighted by Gasteiger charge is 2.19. The maximum atomic E-state index is 13.0. The van der Waals surface area contributed by atoms with E-state index in [2.05, 4.69) is 37.8 Å². The molecular formula is C21H25N3OS2. The fourth-order valence-electron chi connectivity index (χ4n) is 2.90. The standard InChI is InChI=1S/C21H25N3OS2/c1-4-23(5-2)13-14-24(19(25)12-11-17-9-7-15-26-17)21-22-20-16(3)8-6-10-18(20)27-21/h6-12,15H,4-5,13-14H2,1-3H3/b12-11+. The molecule has 1 aromatic carbocycles. The number of carbonyl (C=O) groups is 1. The topological polar surface area (TPSA) is 36.4 Å². The first-order valence-corrected chi connectivity index (χ1v) is 10.9. The Kier molecular flexibility index (Phi) is 6.77. The van der Waals surface area contributed by atoms with E-state index in [0.717, 1.165) is 45.4 Å². The number of thiazole rings is 1. The number of amides is 1.